The Kier molecular flexibility index (Phi) is 7.21. The molecular weight excluding hydrogens is 348 g/mol. The monoisotopic (exact) mass is 374 g/mol. The van der Waals surface area contributed by atoms with E-state index in [-0.39, 0.29) is 17.3 Å². The van der Waals surface area contributed by atoms with E-state index < -0.39 is 10.0 Å². The molecule has 0 aromatic heterocycles. The predicted molar refractivity (Wildman–Crippen MR) is 105 cm³/mol. The van der Waals surface area contributed by atoms with Crippen LogP contribution in [-0.4, -0.2) is 27.4 Å². The van der Waals surface area contributed by atoms with Gasteiger partial charge in [0, 0.05) is 6.54 Å². The number of para-hydroxylation sites is 1. The number of carbonyl (C=O) groups is 1. The van der Waals surface area contributed by atoms with Crippen molar-refractivity contribution in [2.75, 3.05) is 17.4 Å². The first-order valence-corrected chi connectivity index (χ1v) is 10.3. The molecule has 0 unspecified atom stereocenters. The van der Waals surface area contributed by atoms with Gasteiger partial charge in [0.25, 0.3) is 10.0 Å². The Labute approximate surface area is 156 Å². The second-order valence-corrected chi connectivity index (χ2v) is 8.03. The number of carbonyl (C=O) groups excluding carboxylic acids is 1. The molecule has 0 aliphatic heterocycles. The number of hydrogen-bond acceptors (Lipinski definition) is 3. The van der Waals surface area contributed by atoms with Crippen molar-refractivity contribution in [1.82, 2.24) is 5.32 Å². The number of amides is 1. The van der Waals surface area contributed by atoms with Gasteiger partial charge < -0.3 is 5.32 Å². The molecule has 0 radical (unpaired) electrons. The molecule has 6 heteroatoms. The van der Waals surface area contributed by atoms with Gasteiger partial charge in [-0.25, -0.2) is 8.42 Å². The fraction of sp³-hybridized carbons (Fsp3) is 0.350. The van der Waals surface area contributed by atoms with Crippen LogP contribution in [0.5, 0.6) is 0 Å². The van der Waals surface area contributed by atoms with Crippen LogP contribution in [0, 0.1) is 6.92 Å². The highest BCUT2D eigenvalue weighted by molar-refractivity contribution is 7.92. The van der Waals surface area contributed by atoms with Crippen LogP contribution in [0.25, 0.3) is 0 Å². The van der Waals surface area contributed by atoms with Crippen molar-refractivity contribution < 1.29 is 13.2 Å². The molecule has 0 saturated heterocycles. The van der Waals surface area contributed by atoms with Crippen molar-refractivity contribution in [2.24, 2.45) is 0 Å². The summed E-state index contributed by atoms with van der Waals surface area (Å²) in [5.74, 6) is -0.302. The molecule has 2 aromatic carbocycles. The number of nitrogens with one attached hydrogen (secondary N) is 1. The second kappa shape index (κ2) is 9.38. The van der Waals surface area contributed by atoms with Gasteiger partial charge in [-0.05, 0) is 37.1 Å². The molecule has 0 atom stereocenters. The smallest absolute Gasteiger partial charge is 0.264 e. The number of hydrogen-bond donors (Lipinski definition) is 1. The van der Waals surface area contributed by atoms with Crippen molar-refractivity contribution in [3.8, 4) is 0 Å². The number of unbranched alkanes of at least 4 members (excludes halogenated alkanes) is 2. The minimum absolute atomic E-state index is 0.169. The van der Waals surface area contributed by atoms with Gasteiger partial charge in [-0.15, -0.1) is 0 Å². The molecule has 0 fully saturated rings. The highest BCUT2D eigenvalue weighted by Gasteiger charge is 2.27. The standard InChI is InChI=1S/C20H26N2O3S/c1-3-4-10-15-21-20(23)16-22(19-14-9-8-11-17(19)2)26(24,25)18-12-6-5-7-13-18/h5-9,11-14H,3-4,10,15-16H2,1-2H3,(H,21,23). The largest absolute Gasteiger partial charge is 0.355 e. The molecule has 0 spiro atoms. The Morgan fingerprint density at radius 1 is 1.00 bits per heavy atom. The zero-order valence-electron chi connectivity index (χ0n) is 15.3. The van der Waals surface area contributed by atoms with Crippen molar-refractivity contribution in [3.63, 3.8) is 0 Å². The lowest BCUT2D eigenvalue weighted by Crippen LogP contribution is -2.41. The Hall–Kier alpha value is -2.34. The average Bonchev–Trinajstić information content (AvgIpc) is 2.65. The molecule has 5 nitrogen and oxygen atoms in total. The van der Waals surface area contributed by atoms with E-state index in [2.05, 4.69) is 12.2 Å². The van der Waals surface area contributed by atoms with E-state index >= 15 is 0 Å². The summed E-state index contributed by atoms with van der Waals surface area (Å²) in [5, 5.41) is 2.82. The van der Waals surface area contributed by atoms with Crippen LogP contribution in [0.15, 0.2) is 59.5 Å². The Bertz CT molecular complexity index is 820. The lowest BCUT2D eigenvalue weighted by molar-refractivity contribution is -0.119. The van der Waals surface area contributed by atoms with E-state index in [4.69, 9.17) is 0 Å². The van der Waals surface area contributed by atoms with Gasteiger partial charge in [-0.1, -0.05) is 56.2 Å². The summed E-state index contributed by atoms with van der Waals surface area (Å²) < 4.78 is 27.5. The number of sulfonamides is 1. The maximum atomic E-state index is 13.1. The molecule has 2 aromatic rings. The summed E-state index contributed by atoms with van der Waals surface area (Å²) in [7, 11) is -3.83. The van der Waals surface area contributed by atoms with E-state index in [0.717, 1.165) is 24.8 Å². The van der Waals surface area contributed by atoms with Crippen LogP contribution < -0.4 is 9.62 Å². The van der Waals surface area contributed by atoms with E-state index in [1.54, 1.807) is 42.5 Å². The third kappa shape index (κ3) is 5.08. The lowest BCUT2D eigenvalue weighted by atomic mass is 10.2. The topological polar surface area (TPSA) is 66.5 Å². The van der Waals surface area contributed by atoms with E-state index in [1.165, 1.54) is 4.31 Å². The van der Waals surface area contributed by atoms with Crippen molar-refractivity contribution in [1.29, 1.82) is 0 Å². The maximum absolute atomic E-state index is 13.1. The van der Waals surface area contributed by atoms with Gasteiger partial charge >= 0.3 is 0 Å². The first kappa shape index (κ1) is 20.0. The summed E-state index contributed by atoms with van der Waals surface area (Å²) in [6.07, 6.45) is 2.98. The minimum atomic E-state index is -3.83. The Balaban J connectivity index is 2.29. The molecule has 0 bridgehead atoms. The lowest BCUT2D eigenvalue weighted by Gasteiger charge is -2.25. The van der Waals surface area contributed by atoms with Gasteiger partial charge in [0.1, 0.15) is 6.54 Å². The van der Waals surface area contributed by atoms with Gasteiger partial charge in [0.05, 0.1) is 10.6 Å². The number of rotatable bonds is 9. The van der Waals surface area contributed by atoms with Crippen LogP contribution in [0.3, 0.4) is 0 Å². The highest BCUT2D eigenvalue weighted by Crippen LogP contribution is 2.26. The van der Waals surface area contributed by atoms with Gasteiger partial charge in [-0.3, -0.25) is 9.10 Å². The molecule has 1 amide bonds. The van der Waals surface area contributed by atoms with E-state index in [9.17, 15) is 13.2 Å². The van der Waals surface area contributed by atoms with Crippen LogP contribution in [0.2, 0.25) is 0 Å². The molecule has 1 N–H and O–H groups in total. The van der Waals surface area contributed by atoms with Gasteiger partial charge in [0.2, 0.25) is 5.91 Å². The average molecular weight is 375 g/mol. The van der Waals surface area contributed by atoms with E-state index in [1.807, 2.05) is 19.1 Å². The van der Waals surface area contributed by atoms with Crippen LogP contribution in [0.1, 0.15) is 31.7 Å². The molecular formula is C20H26N2O3S. The molecule has 0 saturated carbocycles. The normalized spacial score (nSPS) is 11.2. The van der Waals surface area contributed by atoms with Crippen molar-refractivity contribution >= 4 is 21.6 Å². The molecule has 0 aliphatic rings. The fourth-order valence-corrected chi connectivity index (χ4v) is 4.16. The number of anilines is 1. The number of nitrogens with zero attached hydrogens (tertiary/aromatic N) is 1. The minimum Gasteiger partial charge on any atom is -0.355 e. The molecule has 0 heterocycles. The quantitative estimate of drug-likeness (QED) is 0.683. The first-order chi connectivity index (χ1) is 12.5. The summed E-state index contributed by atoms with van der Waals surface area (Å²) >= 11 is 0. The zero-order chi connectivity index (χ0) is 19.0. The predicted octanol–water partition coefficient (Wildman–Crippen LogP) is 3.50. The third-order valence-electron chi connectivity index (χ3n) is 4.11. The Morgan fingerprint density at radius 2 is 1.65 bits per heavy atom. The highest BCUT2D eigenvalue weighted by atomic mass is 32.2. The third-order valence-corrected chi connectivity index (χ3v) is 5.88. The maximum Gasteiger partial charge on any atom is 0.264 e. The summed E-state index contributed by atoms with van der Waals surface area (Å²) in [4.78, 5) is 12.5. The first-order valence-electron chi connectivity index (χ1n) is 8.87. The van der Waals surface area contributed by atoms with E-state index in [0.29, 0.717) is 12.2 Å². The van der Waals surface area contributed by atoms with Crippen LogP contribution >= 0.6 is 0 Å². The summed E-state index contributed by atoms with van der Waals surface area (Å²) in [5.41, 5.74) is 1.31. The molecule has 2 rings (SSSR count). The van der Waals surface area contributed by atoms with Gasteiger partial charge in [0.15, 0.2) is 0 Å². The van der Waals surface area contributed by atoms with Crippen molar-refractivity contribution in [3.05, 3.63) is 60.2 Å². The summed E-state index contributed by atoms with van der Waals surface area (Å²) in [6.45, 7) is 4.24. The van der Waals surface area contributed by atoms with Gasteiger partial charge in [-0.2, -0.15) is 0 Å². The molecule has 26 heavy (non-hydrogen) atoms. The molecule has 0 aliphatic carbocycles. The Morgan fingerprint density at radius 3 is 2.31 bits per heavy atom. The summed E-state index contributed by atoms with van der Waals surface area (Å²) in [6, 6.07) is 15.4. The SMILES string of the molecule is CCCCCNC(=O)CN(c1ccccc1C)S(=O)(=O)c1ccccc1. The second-order valence-electron chi connectivity index (χ2n) is 6.17. The molecule has 140 valence electrons. The number of benzene rings is 2. The number of aryl methyl sites for hydroxylation is 1. The fourth-order valence-electron chi connectivity index (χ4n) is 2.65. The van der Waals surface area contributed by atoms with Crippen LogP contribution in [-0.2, 0) is 14.8 Å². The van der Waals surface area contributed by atoms with Crippen molar-refractivity contribution in [2.45, 2.75) is 38.0 Å². The zero-order valence-corrected chi connectivity index (χ0v) is 16.1. The van der Waals surface area contributed by atoms with Crippen LogP contribution in [0.4, 0.5) is 5.69 Å².